The number of hydrogen-bond donors (Lipinski definition) is 1. The number of halogens is 1. The third kappa shape index (κ3) is 4.49. The third-order valence-corrected chi connectivity index (χ3v) is 5.19. The fraction of sp³-hybridized carbons (Fsp3) is 0.286. The van der Waals surface area contributed by atoms with E-state index >= 15 is 0 Å². The molecule has 0 spiro atoms. The molecule has 1 aliphatic rings. The molecule has 2 aromatic heterocycles. The summed E-state index contributed by atoms with van der Waals surface area (Å²) in [7, 11) is 1.53. The SMILES string of the molecule is C=CC(=O)N1CCN(C(C)=O)C[C@@H]1c1cc(Cl)nc(-c2ccnc(C(=O)NC)c2)c1. The molecule has 0 radical (unpaired) electrons. The van der Waals surface area contributed by atoms with E-state index in [0.717, 1.165) is 5.56 Å². The topological polar surface area (TPSA) is 95.5 Å². The predicted molar refractivity (Wildman–Crippen MR) is 113 cm³/mol. The van der Waals surface area contributed by atoms with E-state index in [-0.39, 0.29) is 28.6 Å². The first-order chi connectivity index (χ1) is 14.3. The molecule has 8 nitrogen and oxygen atoms in total. The minimum atomic E-state index is -0.396. The number of amides is 3. The Hall–Kier alpha value is -3.26. The van der Waals surface area contributed by atoms with Gasteiger partial charge in [0.25, 0.3) is 5.91 Å². The Labute approximate surface area is 179 Å². The van der Waals surface area contributed by atoms with Crippen LogP contribution in [0.15, 0.2) is 43.1 Å². The normalized spacial score (nSPS) is 16.2. The number of hydrogen-bond acceptors (Lipinski definition) is 5. The van der Waals surface area contributed by atoms with Crippen molar-refractivity contribution < 1.29 is 14.4 Å². The Kier molecular flexibility index (Phi) is 6.47. The van der Waals surface area contributed by atoms with Crippen molar-refractivity contribution in [3.63, 3.8) is 0 Å². The van der Waals surface area contributed by atoms with Crippen molar-refractivity contribution in [3.8, 4) is 11.3 Å². The third-order valence-electron chi connectivity index (χ3n) is 5.00. The zero-order valence-electron chi connectivity index (χ0n) is 16.8. The second-order valence-electron chi connectivity index (χ2n) is 6.83. The molecule has 3 amide bonds. The molecule has 0 saturated carbocycles. The molecule has 1 N–H and O–H groups in total. The highest BCUT2D eigenvalue weighted by molar-refractivity contribution is 6.29. The molecule has 3 heterocycles. The van der Waals surface area contributed by atoms with E-state index in [9.17, 15) is 14.4 Å². The van der Waals surface area contributed by atoms with Gasteiger partial charge < -0.3 is 15.1 Å². The van der Waals surface area contributed by atoms with E-state index in [1.54, 1.807) is 28.0 Å². The fourth-order valence-corrected chi connectivity index (χ4v) is 3.65. The van der Waals surface area contributed by atoms with Gasteiger partial charge in [-0.1, -0.05) is 18.2 Å². The average Bonchev–Trinajstić information content (AvgIpc) is 2.77. The molecule has 156 valence electrons. The largest absolute Gasteiger partial charge is 0.354 e. The summed E-state index contributed by atoms with van der Waals surface area (Å²) < 4.78 is 0. The van der Waals surface area contributed by atoms with Crippen LogP contribution in [0.5, 0.6) is 0 Å². The number of aromatic nitrogens is 2. The van der Waals surface area contributed by atoms with Gasteiger partial charge in [0.05, 0.1) is 11.7 Å². The van der Waals surface area contributed by atoms with Gasteiger partial charge in [-0.05, 0) is 35.9 Å². The van der Waals surface area contributed by atoms with Gasteiger partial charge in [-0.2, -0.15) is 0 Å². The second-order valence-corrected chi connectivity index (χ2v) is 7.22. The van der Waals surface area contributed by atoms with E-state index < -0.39 is 6.04 Å². The van der Waals surface area contributed by atoms with Crippen molar-refractivity contribution in [2.45, 2.75) is 13.0 Å². The Morgan fingerprint density at radius 1 is 1.27 bits per heavy atom. The van der Waals surface area contributed by atoms with Crippen molar-refractivity contribution in [3.05, 3.63) is 59.5 Å². The van der Waals surface area contributed by atoms with Crippen molar-refractivity contribution in [2.75, 3.05) is 26.7 Å². The molecule has 30 heavy (non-hydrogen) atoms. The second kappa shape index (κ2) is 9.04. The van der Waals surface area contributed by atoms with Gasteiger partial charge >= 0.3 is 0 Å². The highest BCUT2D eigenvalue weighted by atomic mass is 35.5. The first-order valence-corrected chi connectivity index (χ1v) is 9.76. The number of nitrogens with one attached hydrogen (secondary N) is 1. The summed E-state index contributed by atoms with van der Waals surface area (Å²) >= 11 is 6.30. The lowest BCUT2D eigenvalue weighted by atomic mass is 10.00. The maximum Gasteiger partial charge on any atom is 0.269 e. The lowest BCUT2D eigenvalue weighted by Gasteiger charge is -2.41. The van der Waals surface area contributed by atoms with Gasteiger partial charge in [0.1, 0.15) is 10.8 Å². The standard InChI is InChI=1S/C21H22ClN5O3/c1-4-20(29)27-8-7-26(13(2)28)12-18(27)15-10-16(25-19(22)11-15)14-5-6-24-17(9-14)21(30)23-3/h4-6,9-11,18H,1,7-8,12H2,2-3H3,(H,23,30)/t18-/m1/s1. The van der Waals surface area contributed by atoms with Crippen molar-refractivity contribution in [1.82, 2.24) is 25.1 Å². The molecule has 1 fully saturated rings. The highest BCUT2D eigenvalue weighted by Crippen LogP contribution is 2.30. The molecular weight excluding hydrogens is 406 g/mol. The van der Waals surface area contributed by atoms with Crippen LogP contribution in [0.3, 0.4) is 0 Å². The molecule has 0 bridgehead atoms. The van der Waals surface area contributed by atoms with Crippen LogP contribution in [-0.2, 0) is 9.59 Å². The average molecular weight is 428 g/mol. The summed E-state index contributed by atoms with van der Waals surface area (Å²) in [5.74, 6) is -0.592. The van der Waals surface area contributed by atoms with Gasteiger partial charge in [-0.15, -0.1) is 0 Å². The monoisotopic (exact) mass is 427 g/mol. The van der Waals surface area contributed by atoms with Crippen molar-refractivity contribution in [1.29, 1.82) is 0 Å². The predicted octanol–water partition coefficient (Wildman–Crippen LogP) is 2.07. The smallest absolute Gasteiger partial charge is 0.269 e. The maximum absolute atomic E-state index is 12.4. The first kappa shape index (κ1) is 21.4. The van der Waals surface area contributed by atoms with Crippen LogP contribution in [0.25, 0.3) is 11.3 Å². The highest BCUT2D eigenvalue weighted by Gasteiger charge is 2.32. The van der Waals surface area contributed by atoms with E-state index in [2.05, 4.69) is 21.9 Å². The van der Waals surface area contributed by atoms with E-state index in [4.69, 9.17) is 11.6 Å². The number of rotatable bonds is 4. The van der Waals surface area contributed by atoms with Crippen LogP contribution >= 0.6 is 11.6 Å². The van der Waals surface area contributed by atoms with Gasteiger partial charge in [-0.25, -0.2) is 4.98 Å². The number of nitrogens with zero attached hydrogens (tertiary/aromatic N) is 4. The molecule has 0 aromatic carbocycles. The van der Waals surface area contributed by atoms with Crippen LogP contribution in [0.4, 0.5) is 0 Å². The van der Waals surface area contributed by atoms with E-state index in [1.165, 1.54) is 26.2 Å². The zero-order valence-corrected chi connectivity index (χ0v) is 17.5. The molecule has 1 atom stereocenters. The summed E-state index contributed by atoms with van der Waals surface area (Å²) in [6.07, 6.45) is 2.78. The zero-order chi connectivity index (χ0) is 21.8. The van der Waals surface area contributed by atoms with Crippen molar-refractivity contribution in [2.24, 2.45) is 0 Å². The van der Waals surface area contributed by atoms with Gasteiger partial charge in [0, 0.05) is 45.4 Å². The summed E-state index contributed by atoms with van der Waals surface area (Å²) in [5, 5.41) is 2.78. The van der Waals surface area contributed by atoms with Gasteiger partial charge in [0.2, 0.25) is 11.8 Å². The Morgan fingerprint density at radius 3 is 2.70 bits per heavy atom. The first-order valence-electron chi connectivity index (χ1n) is 9.38. The lowest BCUT2D eigenvalue weighted by Crippen LogP contribution is -2.51. The minimum Gasteiger partial charge on any atom is -0.354 e. The molecule has 2 aromatic rings. The molecular formula is C21H22ClN5O3. The van der Waals surface area contributed by atoms with Crippen molar-refractivity contribution >= 4 is 29.3 Å². The van der Waals surface area contributed by atoms with Gasteiger partial charge in [0.15, 0.2) is 0 Å². The van der Waals surface area contributed by atoms with Crippen LogP contribution < -0.4 is 5.32 Å². The molecule has 0 aliphatic carbocycles. The quantitative estimate of drug-likeness (QED) is 0.595. The molecule has 3 rings (SSSR count). The molecule has 9 heteroatoms. The summed E-state index contributed by atoms with van der Waals surface area (Å²) in [6, 6.07) is 6.45. The summed E-state index contributed by atoms with van der Waals surface area (Å²) in [5.41, 5.74) is 2.19. The van der Waals surface area contributed by atoms with E-state index in [0.29, 0.717) is 30.9 Å². The summed E-state index contributed by atoms with van der Waals surface area (Å²) in [4.78, 5) is 48.1. The van der Waals surface area contributed by atoms with Crippen LogP contribution in [0, 0.1) is 0 Å². The molecule has 1 aliphatic heterocycles. The Balaban J connectivity index is 2.04. The lowest BCUT2D eigenvalue weighted by molar-refractivity contribution is -0.139. The fourth-order valence-electron chi connectivity index (χ4n) is 3.43. The number of carbonyl (C=O) groups is 3. The number of carbonyl (C=O) groups excluding carboxylic acids is 3. The maximum atomic E-state index is 12.4. The number of pyridine rings is 2. The van der Waals surface area contributed by atoms with Crippen LogP contribution in [0.1, 0.15) is 29.0 Å². The van der Waals surface area contributed by atoms with Crippen LogP contribution in [0.2, 0.25) is 5.15 Å². The molecule has 0 unspecified atom stereocenters. The molecule has 1 saturated heterocycles. The minimum absolute atomic E-state index is 0.0598. The number of piperazine rings is 1. The Bertz CT molecular complexity index is 1010. The van der Waals surface area contributed by atoms with Gasteiger partial charge in [-0.3, -0.25) is 19.4 Å². The summed E-state index contributed by atoms with van der Waals surface area (Å²) in [6.45, 7) is 6.27. The van der Waals surface area contributed by atoms with Crippen LogP contribution in [-0.4, -0.2) is 64.2 Å². The van der Waals surface area contributed by atoms with E-state index in [1.807, 2.05) is 6.07 Å². The Morgan fingerprint density at radius 2 is 2.03 bits per heavy atom.